The molecule has 15 heavy (non-hydrogen) atoms. The smallest absolute Gasteiger partial charge is 0.137 e. The van der Waals surface area contributed by atoms with Gasteiger partial charge in [-0.15, -0.1) is 0 Å². The number of hydrogen-bond donors (Lipinski definition) is 1. The molecule has 0 aromatic carbocycles. The molecule has 4 nitrogen and oxygen atoms in total. The van der Waals surface area contributed by atoms with Gasteiger partial charge in [0.05, 0.1) is 25.5 Å². The number of ether oxygens (including phenoxy) is 2. The van der Waals surface area contributed by atoms with Gasteiger partial charge in [-0.1, -0.05) is 0 Å². The molecule has 0 saturated carbocycles. The Labute approximate surface area is 89.6 Å². The lowest BCUT2D eigenvalue weighted by Gasteiger charge is -2.24. The number of hydrogen-bond acceptors (Lipinski definition) is 4. The summed E-state index contributed by atoms with van der Waals surface area (Å²) < 4.78 is 10.4. The summed E-state index contributed by atoms with van der Waals surface area (Å²) in [5.74, 6) is 1.64. The molecular weight excluding hydrogens is 192 g/mol. The lowest BCUT2D eigenvalue weighted by molar-refractivity contribution is 0.185. The maximum atomic E-state index is 5.36. The molecule has 0 spiro atoms. The summed E-state index contributed by atoms with van der Waals surface area (Å²) in [7, 11) is 1.64. The van der Waals surface area contributed by atoms with Crippen LogP contribution < -0.4 is 10.1 Å². The highest BCUT2D eigenvalue weighted by atomic mass is 16.5. The first kappa shape index (κ1) is 10.2. The van der Waals surface area contributed by atoms with E-state index in [0.29, 0.717) is 0 Å². The fourth-order valence-corrected chi connectivity index (χ4v) is 1.65. The standard InChI is InChI=1S/C11H16N2O2/c1-11(5-6-15-8-11)13-10-4-3-9(14-2)7-12-10/h3-4,7H,5-6,8H2,1-2H3,(H,12,13). The molecule has 1 atom stereocenters. The zero-order valence-electron chi connectivity index (χ0n) is 9.12. The number of nitrogens with zero attached hydrogens (tertiary/aromatic N) is 1. The van der Waals surface area contributed by atoms with Gasteiger partial charge in [0.1, 0.15) is 11.6 Å². The predicted molar refractivity (Wildman–Crippen MR) is 58.3 cm³/mol. The first-order chi connectivity index (χ1) is 7.22. The van der Waals surface area contributed by atoms with E-state index in [9.17, 15) is 0 Å². The minimum absolute atomic E-state index is 0.0155. The van der Waals surface area contributed by atoms with E-state index in [4.69, 9.17) is 9.47 Å². The number of anilines is 1. The summed E-state index contributed by atoms with van der Waals surface area (Å²) in [6.07, 6.45) is 2.72. The molecule has 0 aliphatic carbocycles. The Morgan fingerprint density at radius 3 is 2.93 bits per heavy atom. The van der Waals surface area contributed by atoms with Crippen LogP contribution in [0.2, 0.25) is 0 Å². The van der Waals surface area contributed by atoms with Gasteiger partial charge in [0.25, 0.3) is 0 Å². The Morgan fingerprint density at radius 2 is 2.40 bits per heavy atom. The average Bonchev–Trinajstić information content (AvgIpc) is 2.66. The monoisotopic (exact) mass is 208 g/mol. The highest BCUT2D eigenvalue weighted by Crippen LogP contribution is 2.23. The molecule has 2 rings (SSSR count). The summed E-state index contributed by atoms with van der Waals surface area (Å²) >= 11 is 0. The summed E-state index contributed by atoms with van der Waals surface area (Å²) in [5.41, 5.74) is 0.0155. The molecule has 82 valence electrons. The molecule has 1 aliphatic rings. The van der Waals surface area contributed by atoms with Crippen LogP contribution in [-0.2, 0) is 4.74 Å². The first-order valence-corrected chi connectivity index (χ1v) is 5.08. The lowest BCUT2D eigenvalue weighted by atomic mass is 10.0. The molecule has 1 aromatic heterocycles. The van der Waals surface area contributed by atoms with Crippen LogP contribution in [0.15, 0.2) is 18.3 Å². The molecule has 4 heteroatoms. The van der Waals surface area contributed by atoms with Crippen LogP contribution in [0.4, 0.5) is 5.82 Å². The predicted octanol–water partition coefficient (Wildman–Crippen LogP) is 1.68. The number of methoxy groups -OCH3 is 1. The zero-order valence-corrected chi connectivity index (χ0v) is 9.12. The second-order valence-corrected chi connectivity index (χ2v) is 4.07. The molecular formula is C11H16N2O2. The molecule has 0 amide bonds. The molecule has 1 saturated heterocycles. The molecule has 1 unspecified atom stereocenters. The van der Waals surface area contributed by atoms with Crippen LogP contribution in [-0.4, -0.2) is 30.8 Å². The minimum atomic E-state index is 0.0155. The van der Waals surface area contributed by atoms with Crippen molar-refractivity contribution < 1.29 is 9.47 Å². The van der Waals surface area contributed by atoms with E-state index < -0.39 is 0 Å². The van der Waals surface area contributed by atoms with Gasteiger partial charge < -0.3 is 14.8 Å². The third-order valence-corrected chi connectivity index (χ3v) is 2.62. The normalized spacial score (nSPS) is 25.2. The van der Waals surface area contributed by atoms with Crippen molar-refractivity contribution in [2.75, 3.05) is 25.6 Å². The van der Waals surface area contributed by atoms with Crippen molar-refractivity contribution in [1.29, 1.82) is 0 Å². The lowest BCUT2D eigenvalue weighted by Crippen LogP contribution is -2.35. The van der Waals surface area contributed by atoms with E-state index in [1.165, 1.54) is 0 Å². The highest BCUT2D eigenvalue weighted by Gasteiger charge is 2.29. The second kappa shape index (κ2) is 4.06. The van der Waals surface area contributed by atoms with E-state index in [2.05, 4.69) is 17.2 Å². The zero-order chi connectivity index (χ0) is 10.7. The van der Waals surface area contributed by atoms with Crippen molar-refractivity contribution in [1.82, 2.24) is 4.98 Å². The molecule has 0 radical (unpaired) electrons. The third kappa shape index (κ3) is 2.39. The van der Waals surface area contributed by atoms with Crippen LogP contribution in [0.3, 0.4) is 0 Å². The summed E-state index contributed by atoms with van der Waals surface area (Å²) in [4.78, 5) is 4.27. The Balaban J connectivity index is 2.04. The third-order valence-electron chi connectivity index (χ3n) is 2.62. The summed E-state index contributed by atoms with van der Waals surface area (Å²) in [6, 6.07) is 3.82. The fourth-order valence-electron chi connectivity index (χ4n) is 1.65. The Hall–Kier alpha value is -1.29. The van der Waals surface area contributed by atoms with E-state index in [1.807, 2.05) is 12.1 Å². The van der Waals surface area contributed by atoms with Crippen molar-refractivity contribution in [2.24, 2.45) is 0 Å². The van der Waals surface area contributed by atoms with Crippen LogP contribution >= 0.6 is 0 Å². The molecule has 1 N–H and O–H groups in total. The van der Waals surface area contributed by atoms with Crippen LogP contribution in [0.25, 0.3) is 0 Å². The number of pyridine rings is 1. The number of rotatable bonds is 3. The molecule has 2 heterocycles. The Kier molecular flexibility index (Phi) is 2.77. The van der Waals surface area contributed by atoms with E-state index in [1.54, 1.807) is 13.3 Å². The van der Waals surface area contributed by atoms with Crippen molar-refractivity contribution in [3.63, 3.8) is 0 Å². The molecule has 1 aliphatic heterocycles. The maximum Gasteiger partial charge on any atom is 0.137 e. The minimum Gasteiger partial charge on any atom is -0.495 e. The van der Waals surface area contributed by atoms with Crippen LogP contribution in [0.5, 0.6) is 5.75 Å². The Morgan fingerprint density at radius 1 is 1.53 bits per heavy atom. The van der Waals surface area contributed by atoms with Crippen LogP contribution in [0.1, 0.15) is 13.3 Å². The maximum absolute atomic E-state index is 5.36. The van der Waals surface area contributed by atoms with Crippen molar-refractivity contribution in [3.8, 4) is 5.75 Å². The second-order valence-electron chi connectivity index (χ2n) is 4.07. The van der Waals surface area contributed by atoms with Crippen molar-refractivity contribution in [2.45, 2.75) is 18.9 Å². The van der Waals surface area contributed by atoms with Crippen molar-refractivity contribution in [3.05, 3.63) is 18.3 Å². The number of aromatic nitrogens is 1. The van der Waals surface area contributed by atoms with Gasteiger partial charge in [-0.3, -0.25) is 0 Å². The van der Waals surface area contributed by atoms with Gasteiger partial charge in [-0.25, -0.2) is 4.98 Å². The van der Waals surface area contributed by atoms with Gasteiger partial charge in [0, 0.05) is 6.61 Å². The largest absolute Gasteiger partial charge is 0.495 e. The van der Waals surface area contributed by atoms with Gasteiger partial charge >= 0.3 is 0 Å². The Bertz CT molecular complexity index is 318. The molecule has 1 aromatic rings. The van der Waals surface area contributed by atoms with E-state index >= 15 is 0 Å². The quantitative estimate of drug-likeness (QED) is 0.820. The average molecular weight is 208 g/mol. The van der Waals surface area contributed by atoms with Gasteiger partial charge in [0.2, 0.25) is 0 Å². The van der Waals surface area contributed by atoms with E-state index in [0.717, 1.165) is 31.2 Å². The summed E-state index contributed by atoms with van der Waals surface area (Å²) in [6.45, 7) is 3.70. The van der Waals surface area contributed by atoms with Crippen molar-refractivity contribution >= 4 is 5.82 Å². The molecule has 1 fully saturated rings. The van der Waals surface area contributed by atoms with Gasteiger partial charge in [-0.05, 0) is 25.5 Å². The van der Waals surface area contributed by atoms with Crippen LogP contribution in [0, 0.1) is 0 Å². The fraction of sp³-hybridized carbons (Fsp3) is 0.545. The van der Waals surface area contributed by atoms with Gasteiger partial charge in [0.15, 0.2) is 0 Å². The first-order valence-electron chi connectivity index (χ1n) is 5.08. The number of nitrogens with one attached hydrogen (secondary N) is 1. The summed E-state index contributed by atoms with van der Waals surface area (Å²) in [5, 5.41) is 3.38. The highest BCUT2D eigenvalue weighted by molar-refractivity contribution is 5.40. The SMILES string of the molecule is COc1ccc(NC2(C)CCOC2)nc1. The molecule has 0 bridgehead atoms. The van der Waals surface area contributed by atoms with E-state index in [-0.39, 0.29) is 5.54 Å². The topological polar surface area (TPSA) is 43.4 Å². The van der Waals surface area contributed by atoms with Gasteiger partial charge in [-0.2, -0.15) is 0 Å².